The SMILES string of the molecule is CC(=NN=C(N)N)c1ccc2c(c1)Cc1ccccc1-2. The summed E-state index contributed by atoms with van der Waals surface area (Å²) >= 11 is 0. The van der Waals surface area contributed by atoms with E-state index in [1.165, 1.54) is 22.3 Å². The zero-order chi connectivity index (χ0) is 14.1. The van der Waals surface area contributed by atoms with Crippen LogP contribution in [0.3, 0.4) is 0 Å². The molecule has 1 aliphatic carbocycles. The van der Waals surface area contributed by atoms with Crippen LogP contribution in [-0.2, 0) is 6.42 Å². The zero-order valence-electron chi connectivity index (χ0n) is 11.3. The Morgan fingerprint density at radius 1 is 0.950 bits per heavy atom. The van der Waals surface area contributed by atoms with Crippen LogP contribution in [0.4, 0.5) is 0 Å². The minimum Gasteiger partial charge on any atom is -0.369 e. The summed E-state index contributed by atoms with van der Waals surface area (Å²) in [7, 11) is 0. The molecule has 0 bridgehead atoms. The smallest absolute Gasteiger partial charge is 0.211 e. The first-order valence-corrected chi connectivity index (χ1v) is 6.50. The van der Waals surface area contributed by atoms with Gasteiger partial charge in [-0.3, -0.25) is 0 Å². The third-order valence-electron chi connectivity index (χ3n) is 3.53. The Hall–Kier alpha value is -2.62. The van der Waals surface area contributed by atoms with Crippen LogP contribution in [-0.4, -0.2) is 11.7 Å². The zero-order valence-corrected chi connectivity index (χ0v) is 11.3. The second kappa shape index (κ2) is 4.81. The quantitative estimate of drug-likeness (QED) is 0.423. The van der Waals surface area contributed by atoms with Crippen molar-refractivity contribution in [3.8, 4) is 11.1 Å². The fourth-order valence-electron chi connectivity index (χ4n) is 2.56. The van der Waals surface area contributed by atoms with Gasteiger partial charge in [0, 0.05) is 0 Å². The number of fused-ring (bicyclic) bond motifs is 3. The Kier molecular flexibility index (Phi) is 2.99. The molecule has 100 valence electrons. The monoisotopic (exact) mass is 264 g/mol. The van der Waals surface area contributed by atoms with Crippen molar-refractivity contribution in [1.82, 2.24) is 0 Å². The van der Waals surface area contributed by atoms with Gasteiger partial charge < -0.3 is 11.5 Å². The Bertz CT molecular complexity index is 725. The highest BCUT2D eigenvalue weighted by Gasteiger charge is 2.18. The molecule has 3 rings (SSSR count). The predicted molar refractivity (Wildman–Crippen MR) is 82.7 cm³/mol. The molecule has 0 spiro atoms. The minimum absolute atomic E-state index is 0.0297. The van der Waals surface area contributed by atoms with Gasteiger partial charge in [-0.2, -0.15) is 5.10 Å². The molecule has 0 radical (unpaired) electrons. The Labute approximate surface area is 117 Å². The minimum atomic E-state index is -0.0297. The van der Waals surface area contributed by atoms with Gasteiger partial charge in [0.1, 0.15) is 0 Å². The number of nitrogens with zero attached hydrogens (tertiary/aromatic N) is 2. The number of nitrogens with two attached hydrogens (primary N) is 2. The molecule has 0 atom stereocenters. The number of benzene rings is 2. The van der Waals surface area contributed by atoms with Crippen molar-refractivity contribution in [2.75, 3.05) is 0 Å². The van der Waals surface area contributed by atoms with Crippen molar-refractivity contribution in [3.63, 3.8) is 0 Å². The van der Waals surface area contributed by atoms with Crippen molar-refractivity contribution in [2.24, 2.45) is 21.7 Å². The lowest BCUT2D eigenvalue weighted by atomic mass is 10.0. The first kappa shape index (κ1) is 12.4. The van der Waals surface area contributed by atoms with E-state index in [1.807, 2.05) is 6.92 Å². The normalized spacial score (nSPS) is 12.8. The second-order valence-electron chi connectivity index (χ2n) is 4.92. The fourth-order valence-corrected chi connectivity index (χ4v) is 2.56. The molecule has 1 aliphatic rings. The first-order valence-electron chi connectivity index (χ1n) is 6.50. The van der Waals surface area contributed by atoms with Crippen LogP contribution in [0.2, 0.25) is 0 Å². The number of hydrogen-bond donors (Lipinski definition) is 2. The summed E-state index contributed by atoms with van der Waals surface area (Å²) in [5.74, 6) is -0.0297. The Balaban J connectivity index is 1.99. The van der Waals surface area contributed by atoms with E-state index in [9.17, 15) is 0 Å². The van der Waals surface area contributed by atoms with Crippen molar-refractivity contribution in [1.29, 1.82) is 0 Å². The number of hydrogen-bond acceptors (Lipinski definition) is 2. The molecule has 0 aliphatic heterocycles. The maximum atomic E-state index is 5.29. The molecular formula is C16H16N4. The van der Waals surface area contributed by atoms with Crippen molar-refractivity contribution < 1.29 is 0 Å². The first-order chi connectivity index (χ1) is 9.65. The average molecular weight is 264 g/mol. The molecule has 0 saturated heterocycles. The lowest BCUT2D eigenvalue weighted by molar-refractivity contribution is 1.19. The average Bonchev–Trinajstić information content (AvgIpc) is 2.82. The molecular weight excluding hydrogens is 248 g/mol. The molecule has 4 nitrogen and oxygen atoms in total. The molecule has 0 unspecified atom stereocenters. The summed E-state index contributed by atoms with van der Waals surface area (Å²) in [4.78, 5) is 0. The van der Waals surface area contributed by atoms with Gasteiger partial charge in [0.25, 0.3) is 0 Å². The van der Waals surface area contributed by atoms with Gasteiger partial charge in [0.15, 0.2) is 0 Å². The molecule has 2 aromatic carbocycles. The molecule has 4 heteroatoms. The van der Waals surface area contributed by atoms with E-state index < -0.39 is 0 Å². The van der Waals surface area contributed by atoms with Crippen molar-refractivity contribution in [3.05, 3.63) is 59.2 Å². The third kappa shape index (κ3) is 2.16. The Morgan fingerprint density at radius 2 is 1.70 bits per heavy atom. The molecule has 4 N–H and O–H groups in total. The number of rotatable bonds is 2. The fraction of sp³-hybridized carbons (Fsp3) is 0.125. The summed E-state index contributed by atoms with van der Waals surface area (Å²) in [5, 5.41) is 7.72. The highest BCUT2D eigenvalue weighted by atomic mass is 15.3. The van der Waals surface area contributed by atoms with E-state index in [4.69, 9.17) is 11.5 Å². The molecule has 0 heterocycles. The molecule has 0 aromatic heterocycles. The maximum Gasteiger partial charge on any atom is 0.211 e. The second-order valence-corrected chi connectivity index (χ2v) is 4.92. The predicted octanol–water partition coefficient (Wildman–Crippen LogP) is 2.26. The van der Waals surface area contributed by atoms with E-state index >= 15 is 0 Å². The largest absolute Gasteiger partial charge is 0.369 e. The maximum absolute atomic E-state index is 5.29. The highest BCUT2D eigenvalue weighted by Crippen LogP contribution is 2.36. The summed E-state index contributed by atoms with van der Waals surface area (Å²) < 4.78 is 0. The summed E-state index contributed by atoms with van der Waals surface area (Å²) in [6, 6.07) is 14.9. The van der Waals surface area contributed by atoms with Crippen LogP contribution in [0, 0.1) is 0 Å². The van der Waals surface area contributed by atoms with Gasteiger partial charge in [-0.25, -0.2) is 0 Å². The molecule has 0 amide bonds. The van der Waals surface area contributed by atoms with E-state index in [-0.39, 0.29) is 5.96 Å². The summed E-state index contributed by atoms with van der Waals surface area (Å²) in [5.41, 5.74) is 17.7. The van der Waals surface area contributed by atoms with E-state index in [0.717, 1.165) is 17.7 Å². The Morgan fingerprint density at radius 3 is 2.50 bits per heavy atom. The van der Waals surface area contributed by atoms with Gasteiger partial charge in [-0.05, 0) is 47.2 Å². The van der Waals surface area contributed by atoms with Crippen LogP contribution < -0.4 is 11.5 Å². The van der Waals surface area contributed by atoms with E-state index in [2.05, 4.69) is 52.7 Å². The van der Waals surface area contributed by atoms with E-state index in [0.29, 0.717) is 0 Å². The lowest BCUT2D eigenvalue weighted by Crippen LogP contribution is -2.22. The van der Waals surface area contributed by atoms with E-state index in [1.54, 1.807) is 0 Å². The third-order valence-corrected chi connectivity index (χ3v) is 3.53. The van der Waals surface area contributed by atoms with Gasteiger partial charge >= 0.3 is 0 Å². The highest BCUT2D eigenvalue weighted by molar-refractivity contribution is 6.00. The van der Waals surface area contributed by atoms with Gasteiger partial charge in [-0.1, -0.05) is 36.4 Å². The van der Waals surface area contributed by atoms with Crippen LogP contribution in [0.5, 0.6) is 0 Å². The number of guanidine groups is 1. The van der Waals surface area contributed by atoms with Crippen LogP contribution in [0.1, 0.15) is 23.6 Å². The molecule has 0 fully saturated rings. The summed E-state index contributed by atoms with van der Waals surface area (Å²) in [6.07, 6.45) is 0.967. The van der Waals surface area contributed by atoms with Crippen LogP contribution >= 0.6 is 0 Å². The summed E-state index contributed by atoms with van der Waals surface area (Å²) in [6.45, 7) is 1.90. The van der Waals surface area contributed by atoms with Gasteiger partial charge in [0.2, 0.25) is 5.96 Å². The molecule has 2 aromatic rings. The standard InChI is InChI=1S/C16H16N4/c1-10(19-20-16(17)18)11-6-7-15-13(8-11)9-12-4-2-3-5-14(12)15/h2-8H,9H2,1H3,(H4,17,18,20). The topological polar surface area (TPSA) is 76.8 Å². The van der Waals surface area contributed by atoms with Gasteiger partial charge in [0.05, 0.1) is 5.71 Å². The van der Waals surface area contributed by atoms with Crippen molar-refractivity contribution in [2.45, 2.75) is 13.3 Å². The van der Waals surface area contributed by atoms with Crippen molar-refractivity contribution >= 4 is 11.7 Å². The van der Waals surface area contributed by atoms with Gasteiger partial charge in [-0.15, -0.1) is 5.10 Å². The molecule has 0 saturated carbocycles. The van der Waals surface area contributed by atoms with Crippen LogP contribution in [0.25, 0.3) is 11.1 Å². The van der Waals surface area contributed by atoms with Crippen LogP contribution in [0.15, 0.2) is 52.7 Å². The lowest BCUT2D eigenvalue weighted by Gasteiger charge is -2.04. The molecule has 20 heavy (non-hydrogen) atoms.